The number of aryl methyl sites for hydroxylation is 2. The first-order valence-corrected chi connectivity index (χ1v) is 12.1. The van der Waals surface area contributed by atoms with Crippen molar-refractivity contribution in [1.29, 1.82) is 0 Å². The average Bonchev–Trinajstić information content (AvgIpc) is 3.46. The van der Waals surface area contributed by atoms with E-state index >= 15 is 0 Å². The summed E-state index contributed by atoms with van der Waals surface area (Å²) < 4.78 is 23.2. The van der Waals surface area contributed by atoms with Crippen LogP contribution in [0, 0.1) is 13.8 Å². The van der Waals surface area contributed by atoms with Crippen molar-refractivity contribution in [3.05, 3.63) is 95.1 Å². The van der Waals surface area contributed by atoms with Crippen LogP contribution in [0.25, 0.3) is 21.5 Å². The molecule has 2 heterocycles. The molecular weight excluding hydrogens is 456 g/mol. The lowest BCUT2D eigenvalue weighted by Gasteiger charge is -2.17. The van der Waals surface area contributed by atoms with E-state index in [1.54, 1.807) is 12.1 Å². The summed E-state index contributed by atoms with van der Waals surface area (Å²) in [5, 5.41) is 4.09. The topological polar surface area (TPSA) is 71.1 Å². The fourth-order valence-electron chi connectivity index (χ4n) is 5.03. The molecule has 6 heteroatoms. The molecule has 36 heavy (non-hydrogen) atoms. The zero-order valence-electron chi connectivity index (χ0n) is 20.1. The van der Waals surface area contributed by atoms with Gasteiger partial charge in [-0.3, -0.25) is 0 Å². The largest absolute Gasteiger partial charge is 0.453 e. The molecule has 6 nitrogen and oxygen atoms in total. The maximum Gasteiger partial charge on any atom is 0.338 e. The van der Waals surface area contributed by atoms with Gasteiger partial charge in [-0.15, -0.1) is 0 Å². The number of hydrogen-bond donors (Lipinski definition) is 0. The van der Waals surface area contributed by atoms with Gasteiger partial charge >= 0.3 is 11.9 Å². The number of benzene rings is 4. The third-order valence-corrected chi connectivity index (χ3v) is 6.94. The molecule has 0 amide bonds. The molecule has 4 atom stereocenters. The maximum atomic E-state index is 12.9. The van der Waals surface area contributed by atoms with Crippen LogP contribution in [0.1, 0.15) is 31.8 Å². The molecule has 2 aliphatic heterocycles. The van der Waals surface area contributed by atoms with Crippen LogP contribution in [0.15, 0.2) is 72.8 Å². The zero-order valence-corrected chi connectivity index (χ0v) is 20.1. The fraction of sp³-hybridized carbons (Fsp3) is 0.267. The molecule has 0 N–H and O–H groups in total. The third-order valence-electron chi connectivity index (χ3n) is 6.94. The quantitative estimate of drug-likeness (QED) is 0.374. The van der Waals surface area contributed by atoms with Crippen LogP contribution in [0.4, 0.5) is 0 Å². The van der Waals surface area contributed by atoms with Crippen molar-refractivity contribution in [2.45, 2.75) is 38.3 Å². The van der Waals surface area contributed by atoms with Gasteiger partial charge in [0.1, 0.15) is 12.2 Å². The number of esters is 2. The minimum Gasteiger partial charge on any atom is -0.453 e. The van der Waals surface area contributed by atoms with Crippen molar-refractivity contribution in [3.8, 4) is 0 Å². The summed E-state index contributed by atoms with van der Waals surface area (Å²) in [6.07, 6.45) is -2.09. The minimum atomic E-state index is -0.566. The molecule has 6 rings (SSSR count). The predicted octanol–water partition coefficient (Wildman–Crippen LogP) is 5.16. The third kappa shape index (κ3) is 4.23. The normalized spacial score (nSPS) is 23.1. The molecule has 0 aromatic heterocycles. The Hall–Kier alpha value is -3.74. The highest BCUT2D eigenvalue weighted by molar-refractivity contribution is 5.96. The molecule has 2 saturated heterocycles. The Bertz CT molecular complexity index is 1380. The Labute approximate surface area is 208 Å². The van der Waals surface area contributed by atoms with Gasteiger partial charge in [-0.1, -0.05) is 59.7 Å². The van der Waals surface area contributed by atoms with Crippen molar-refractivity contribution in [1.82, 2.24) is 0 Å². The summed E-state index contributed by atoms with van der Waals surface area (Å²) >= 11 is 0. The van der Waals surface area contributed by atoms with Gasteiger partial charge in [-0.2, -0.15) is 0 Å². The lowest BCUT2D eigenvalue weighted by atomic mass is 10.0. The molecule has 0 aliphatic carbocycles. The van der Waals surface area contributed by atoms with Gasteiger partial charge in [0.25, 0.3) is 0 Å². The molecule has 2 unspecified atom stereocenters. The van der Waals surface area contributed by atoms with Gasteiger partial charge in [-0.05, 0) is 59.7 Å². The van der Waals surface area contributed by atoms with E-state index < -0.39 is 36.4 Å². The van der Waals surface area contributed by atoms with Gasteiger partial charge < -0.3 is 18.9 Å². The number of rotatable bonds is 4. The van der Waals surface area contributed by atoms with Crippen molar-refractivity contribution in [2.24, 2.45) is 0 Å². The van der Waals surface area contributed by atoms with Crippen molar-refractivity contribution >= 4 is 33.5 Å². The van der Waals surface area contributed by atoms with E-state index in [0.717, 1.165) is 32.7 Å². The van der Waals surface area contributed by atoms with Crippen molar-refractivity contribution in [2.75, 3.05) is 13.2 Å². The van der Waals surface area contributed by atoms with Gasteiger partial charge in [-0.25, -0.2) is 9.59 Å². The zero-order chi connectivity index (χ0) is 24.8. The molecule has 182 valence electrons. The smallest absolute Gasteiger partial charge is 0.338 e. The van der Waals surface area contributed by atoms with Crippen LogP contribution >= 0.6 is 0 Å². The van der Waals surface area contributed by atoms with Crippen LogP contribution < -0.4 is 0 Å². The van der Waals surface area contributed by atoms with Crippen LogP contribution in [-0.2, 0) is 18.9 Å². The predicted molar refractivity (Wildman–Crippen MR) is 135 cm³/mol. The first-order chi connectivity index (χ1) is 17.4. The Morgan fingerprint density at radius 1 is 0.611 bits per heavy atom. The first-order valence-electron chi connectivity index (χ1n) is 12.1. The summed E-state index contributed by atoms with van der Waals surface area (Å²) in [5.41, 5.74) is 3.28. The molecule has 4 aromatic rings. The van der Waals surface area contributed by atoms with E-state index in [4.69, 9.17) is 18.9 Å². The number of fused-ring (bicyclic) bond motifs is 3. The second-order valence-electron chi connectivity index (χ2n) is 9.61. The minimum absolute atomic E-state index is 0.192. The van der Waals surface area contributed by atoms with E-state index in [1.807, 2.05) is 62.4 Å². The first kappa shape index (κ1) is 22.7. The lowest BCUT2D eigenvalue weighted by Crippen LogP contribution is -2.36. The summed E-state index contributed by atoms with van der Waals surface area (Å²) in [6.45, 7) is 4.45. The Morgan fingerprint density at radius 2 is 1.00 bits per heavy atom. The van der Waals surface area contributed by atoms with Crippen LogP contribution in [-0.4, -0.2) is 49.6 Å². The molecule has 0 radical (unpaired) electrons. The van der Waals surface area contributed by atoms with E-state index in [0.29, 0.717) is 11.1 Å². The average molecular weight is 483 g/mol. The highest BCUT2D eigenvalue weighted by Gasteiger charge is 2.51. The van der Waals surface area contributed by atoms with E-state index in [1.165, 1.54) is 0 Å². The van der Waals surface area contributed by atoms with Gasteiger partial charge in [0.05, 0.1) is 24.3 Å². The van der Waals surface area contributed by atoms with Crippen molar-refractivity contribution < 1.29 is 28.5 Å². The second-order valence-corrected chi connectivity index (χ2v) is 9.61. The Morgan fingerprint density at radius 3 is 1.44 bits per heavy atom. The van der Waals surface area contributed by atoms with Crippen LogP contribution in [0.5, 0.6) is 0 Å². The van der Waals surface area contributed by atoms with E-state index in [-0.39, 0.29) is 13.2 Å². The SMILES string of the molecule is Cc1ccc2cc(C(=O)O[C@@H]3COC4C3OC[C@H]4OC(=O)c3ccc4cc(C)ccc4c3)ccc2c1. The number of carbonyl (C=O) groups is 2. The number of carbonyl (C=O) groups excluding carboxylic acids is 2. The molecular formula is C30H26O6. The highest BCUT2D eigenvalue weighted by Crippen LogP contribution is 2.32. The summed E-state index contributed by atoms with van der Waals surface area (Å²) in [5.74, 6) is -0.857. The van der Waals surface area contributed by atoms with Gasteiger partial charge in [0, 0.05) is 0 Å². The molecule has 0 saturated carbocycles. The summed E-state index contributed by atoms with van der Waals surface area (Å²) in [6, 6.07) is 23.2. The molecule has 0 bridgehead atoms. The lowest BCUT2D eigenvalue weighted by molar-refractivity contribution is -0.0287. The number of ether oxygens (including phenoxy) is 4. The fourth-order valence-corrected chi connectivity index (χ4v) is 5.03. The van der Waals surface area contributed by atoms with E-state index in [2.05, 4.69) is 12.1 Å². The Kier molecular flexibility index (Phi) is 5.70. The molecule has 0 spiro atoms. The van der Waals surface area contributed by atoms with Crippen molar-refractivity contribution in [3.63, 3.8) is 0 Å². The molecule has 2 fully saturated rings. The number of hydrogen-bond acceptors (Lipinski definition) is 6. The standard InChI is InChI=1S/C30H26O6/c1-17-3-5-21-13-23(9-7-19(21)11-17)29(31)35-25-15-33-28-26(16-34-27(25)28)36-30(32)24-10-8-20-12-18(2)4-6-22(20)14-24/h3-14,25-28H,15-16H2,1-2H3/t25-,26-,27?,28?/m1/s1. The second kappa shape index (κ2) is 9.04. The maximum absolute atomic E-state index is 12.9. The van der Waals surface area contributed by atoms with E-state index in [9.17, 15) is 9.59 Å². The molecule has 2 aliphatic rings. The summed E-state index contributed by atoms with van der Waals surface area (Å²) in [4.78, 5) is 25.7. The highest BCUT2D eigenvalue weighted by atomic mass is 16.7. The van der Waals surface area contributed by atoms with Crippen LogP contribution in [0.3, 0.4) is 0 Å². The van der Waals surface area contributed by atoms with Gasteiger partial charge in [0.15, 0.2) is 12.2 Å². The molecule has 4 aromatic carbocycles. The van der Waals surface area contributed by atoms with Gasteiger partial charge in [0.2, 0.25) is 0 Å². The monoisotopic (exact) mass is 482 g/mol. The Balaban J connectivity index is 1.11. The summed E-state index contributed by atoms with van der Waals surface area (Å²) in [7, 11) is 0. The van der Waals surface area contributed by atoms with Crippen LogP contribution in [0.2, 0.25) is 0 Å².